The first kappa shape index (κ1) is 12.3. The molecular weight excluding hydrogens is 172 g/mol. The molecule has 0 aliphatic carbocycles. The second-order valence-corrected chi connectivity index (χ2v) is 2.40. The van der Waals surface area contributed by atoms with Crippen molar-refractivity contribution in [1.82, 2.24) is 10.6 Å². The zero-order valence-electron chi connectivity index (χ0n) is 8.04. The quantitative estimate of drug-likeness (QED) is 0.342. The van der Waals surface area contributed by atoms with Crippen molar-refractivity contribution in [3.8, 4) is 0 Å². The Hall–Kier alpha value is -0.650. The molecule has 0 radical (unpaired) electrons. The van der Waals surface area contributed by atoms with Crippen LogP contribution in [0.4, 0.5) is 0 Å². The molecule has 1 amide bonds. The number of carbonyl (C=O) groups excluding carboxylic acids is 1. The van der Waals surface area contributed by atoms with Crippen LogP contribution in [0.25, 0.3) is 0 Å². The molecule has 0 heterocycles. The predicted octanol–water partition coefficient (Wildman–Crippen LogP) is -1.01. The van der Waals surface area contributed by atoms with E-state index >= 15 is 0 Å². The van der Waals surface area contributed by atoms with Gasteiger partial charge >= 0.3 is 0 Å². The topological polar surface area (TPSA) is 59.6 Å². The highest BCUT2D eigenvalue weighted by molar-refractivity contribution is 5.45. The smallest absolute Gasteiger partial charge is 0.207 e. The molecule has 0 bridgehead atoms. The molecule has 13 heavy (non-hydrogen) atoms. The second-order valence-electron chi connectivity index (χ2n) is 2.40. The van der Waals surface area contributed by atoms with Crippen molar-refractivity contribution in [3.05, 3.63) is 0 Å². The number of hydrogen-bond acceptors (Lipinski definition) is 4. The van der Waals surface area contributed by atoms with Gasteiger partial charge < -0.3 is 20.1 Å². The van der Waals surface area contributed by atoms with Crippen molar-refractivity contribution in [3.63, 3.8) is 0 Å². The third kappa shape index (κ3) is 11.3. The standard InChI is InChI=1S/C8H18N2O3/c1-9-2-4-12-6-7-13-5-3-10-8-11/h8-9H,2-7H2,1H3,(H,10,11). The zero-order chi connectivity index (χ0) is 9.78. The SMILES string of the molecule is CNCCOCCOCCNC=O. The Kier molecular flexibility index (Phi) is 10.8. The maximum absolute atomic E-state index is 9.81. The normalized spacial score (nSPS) is 9.92. The Morgan fingerprint density at radius 2 is 1.69 bits per heavy atom. The van der Waals surface area contributed by atoms with Gasteiger partial charge in [0.25, 0.3) is 0 Å². The van der Waals surface area contributed by atoms with Crippen molar-refractivity contribution < 1.29 is 14.3 Å². The minimum Gasteiger partial charge on any atom is -0.378 e. The molecule has 0 fully saturated rings. The van der Waals surface area contributed by atoms with E-state index in [1.54, 1.807) is 0 Å². The third-order valence-corrected chi connectivity index (χ3v) is 1.34. The van der Waals surface area contributed by atoms with Crippen molar-refractivity contribution in [2.24, 2.45) is 0 Å². The summed E-state index contributed by atoms with van der Waals surface area (Å²) in [6.07, 6.45) is 0.660. The van der Waals surface area contributed by atoms with Gasteiger partial charge in [-0.1, -0.05) is 0 Å². The van der Waals surface area contributed by atoms with Gasteiger partial charge in [0.15, 0.2) is 0 Å². The van der Waals surface area contributed by atoms with E-state index in [0.29, 0.717) is 39.4 Å². The maximum Gasteiger partial charge on any atom is 0.207 e. The lowest BCUT2D eigenvalue weighted by atomic mass is 10.6. The number of rotatable bonds is 10. The largest absolute Gasteiger partial charge is 0.378 e. The van der Waals surface area contributed by atoms with Crippen molar-refractivity contribution in [2.75, 3.05) is 46.6 Å². The van der Waals surface area contributed by atoms with E-state index in [-0.39, 0.29) is 0 Å². The highest BCUT2D eigenvalue weighted by Crippen LogP contribution is 1.77. The molecule has 0 saturated heterocycles. The zero-order valence-corrected chi connectivity index (χ0v) is 8.04. The lowest BCUT2D eigenvalue weighted by Gasteiger charge is -2.04. The molecular formula is C8H18N2O3. The number of hydrogen-bond donors (Lipinski definition) is 2. The minimum absolute atomic E-state index is 0.536. The highest BCUT2D eigenvalue weighted by atomic mass is 16.5. The number of nitrogens with one attached hydrogen (secondary N) is 2. The molecule has 5 heteroatoms. The fourth-order valence-corrected chi connectivity index (χ4v) is 0.686. The summed E-state index contributed by atoms with van der Waals surface area (Å²) in [5, 5.41) is 5.47. The van der Waals surface area contributed by atoms with Crippen LogP contribution >= 0.6 is 0 Å². The van der Waals surface area contributed by atoms with Gasteiger partial charge in [-0.2, -0.15) is 0 Å². The molecule has 0 aromatic heterocycles. The number of likely N-dealkylation sites (N-methyl/N-ethyl adjacent to an activating group) is 1. The Morgan fingerprint density at radius 1 is 1.08 bits per heavy atom. The first-order valence-electron chi connectivity index (χ1n) is 4.39. The molecule has 0 rings (SSSR count). The van der Waals surface area contributed by atoms with Gasteiger partial charge in [0.1, 0.15) is 0 Å². The van der Waals surface area contributed by atoms with Gasteiger partial charge in [-0.05, 0) is 7.05 Å². The van der Waals surface area contributed by atoms with E-state index in [1.165, 1.54) is 0 Å². The van der Waals surface area contributed by atoms with Crippen LogP contribution in [0.15, 0.2) is 0 Å². The molecule has 0 unspecified atom stereocenters. The van der Waals surface area contributed by atoms with Crippen molar-refractivity contribution in [1.29, 1.82) is 0 Å². The van der Waals surface area contributed by atoms with Crippen LogP contribution in [0.1, 0.15) is 0 Å². The summed E-state index contributed by atoms with van der Waals surface area (Å²) in [6, 6.07) is 0. The van der Waals surface area contributed by atoms with Gasteiger partial charge in [0.2, 0.25) is 6.41 Å². The average molecular weight is 190 g/mol. The lowest BCUT2D eigenvalue weighted by Crippen LogP contribution is -2.20. The van der Waals surface area contributed by atoms with Gasteiger partial charge in [0.05, 0.1) is 26.4 Å². The maximum atomic E-state index is 9.81. The van der Waals surface area contributed by atoms with E-state index in [1.807, 2.05) is 7.05 Å². The molecule has 78 valence electrons. The summed E-state index contributed by atoms with van der Waals surface area (Å²) in [5.41, 5.74) is 0. The van der Waals surface area contributed by atoms with Crippen LogP contribution in [0.2, 0.25) is 0 Å². The summed E-state index contributed by atoms with van der Waals surface area (Å²) in [6.45, 7) is 3.82. The fraction of sp³-hybridized carbons (Fsp3) is 0.875. The first-order valence-corrected chi connectivity index (χ1v) is 4.39. The van der Waals surface area contributed by atoms with Crippen LogP contribution in [-0.4, -0.2) is 53.0 Å². The predicted molar refractivity (Wildman–Crippen MR) is 49.6 cm³/mol. The average Bonchev–Trinajstić information content (AvgIpc) is 2.16. The molecule has 2 N–H and O–H groups in total. The van der Waals surface area contributed by atoms with Crippen LogP contribution in [0.3, 0.4) is 0 Å². The molecule has 0 aromatic carbocycles. The Balaban J connectivity index is 2.79. The Bertz CT molecular complexity index is 112. The molecule has 5 nitrogen and oxygen atoms in total. The second kappa shape index (κ2) is 11.4. The third-order valence-electron chi connectivity index (χ3n) is 1.34. The van der Waals surface area contributed by atoms with E-state index in [0.717, 1.165) is 6.54 Å². The van der Waals surface area contributed by atoms with Gasteiger partial charge in [-0.25, -0.2) is 0 Å². The van der Waals surface area contributed by atoms with Crippen molar-refractivity contribution >= 4 is 6.41 Å². The first-order chi connectivity index (χ1) is 6.41. The summed E-state index contributed by atoms with van der Waals surface area (Å²) < 4.78 is 10.4. The van der Waals surface area contributed by atoms with E-state index in [9.17, 15) is 4.79 Å². The van der Waals surface area contributed by atoms with E-state index in [4.69, 9.17) is 9.47 Å². The molecule has 0 aliphatic rings. The van der Waals surface area contributed by atoms with Crippen LogP contribution in [-0.2, 0) is 14.3 Å². The number of ether oxygens (including phenoxy) is 2. The Labute approximate surface area is 78.8 Å². The molecule has 0 saturated carbocycles. The molecule has 0 aromatic rings. The molecule has 0 atom stereocenters. The highest BCUT2D eigenvalue weighted by Gasteiger charge is 1.88. The lowest BCUT2D eigenvalue weighted by molar-refractivity contribution is -0.109. The van der Waals surface area contributed by atoms with Crippen molar-refractivity contribution in [2.45, 2.75) is 0 Å². The van der Waals surface area contributed by atoms with E-state index < -0.39 is 0 Å². The van der Waals surface area contributed by atoms with Gasteiger partial charge in [-0.3, -0.25) is 4.79 Å². The summed E-state index contributed by atoms with van der Waals surface area (Å²) in [7, 11) is 1.88. The fourth-order valence-electron chi connectivity index (χ4n) is 0.686. The summed E-state index contributed by atoms with van der Waals surface area (Å²) >= 11 is 0. The number of amides is 1. The van der Waals surface area contributed by atoms with Crippen LogP contribution in [0.5, 0.6) is 0 Å². The number of carbonyl (C=O) groups is 1. The monoisotopic (exact) mass is 190 g/mol. The molecule has 0 spiro atoms. The Morgan fingerprint density at radius 3 is 2.23 bits per heavy atom. The van der Waals surface area contributed by atoms with Crippen LogP contribution < -0.4 is 10.6 Å². The van der Waals surface area contributed by atoms with Gasteiger partial charge in [-0.15, -0.1) is 0 Å². The van der Waals surface area contributed by atoms with Gasteiger partial charge in [0, 0.05) is 13.1 Å². The van der Waals surface area contributed by atoms with E-state index in [2.05, 4.69) is 10.6 Å². The van der Waals surface area contributed by atoms with Crippen LogP contribution in [0, 0.1) is 0 Å². The minimum atomic E-state index is 0.536. The molecule has 0 aliphatic heterocycles. The summed E-state index contributed by atoms with van der Waals surface area (Å²) in [5.74, 6) is 0. The summed E-state index contributed by atoms with van der Waals surface area (Å²) in [4.78, 5) is 9.81.